The van der Waals surface area contributed by atoms with E-state index in [9.17, 15) is 10.1 Å². The Morgan fingerprint density at radius 1 is 1.39 bits per heavy atom. The molecule has 0 spiro atoms. The van der Waals surface area contributed by atoms with Crippen LogP contribution < -0.4 is 0 Å². The predicted octanol–water partition coefficient (Wildman–Crippen LogP) is 2.94. The molecule has 0 bridgehead atoms. The Balaban J connectivity index is 1.84. The number of non-ortho nitro benzene ring substituents is 1. The van der Waals surface area contributed by atoms with Crippen LogP contribution in [0.25, 0.3) is 0 Å². The van der Waals surface area contributed by atoms with Crippen LogP contribution in [0.3, 0.4) is 0 Å². The number of alkyl halides is 3. The standard InChI is InChI=1S/C13H19IN2O2/c1-15-10-2-8-14(11-15)9-7-12-3-5-13(6-4-12)16(17)18/h3-6H,2,7-11H2,1H3. The summed E-state index contributed by atoms with van der Waals surface area (Å²) < 4.78 is 4.16. The van der Waals surface area contributed by atoms with Crippen molar-refractivity contribution >= 4 is 25.5 Å². The molecule has 0 radical (unpaired) electrons. The molecule has 0 aromatic heterocycles. The van der Waals surface area contributed by atoms with E-state index < -0.39 is 19.8 Å². The Hall–Kier alpha value is -0.690. The van der Waals surface area contributed by atoms with Crippen molar-refractivity contribution < 1.29 is 4.92 Å². The number of halogens is 1. The van der Waals surface area contributed by atoms with E-state index in [4.69, 9.17) is 0 Å². The molecular weight excluding hydrogens is 343 g/mol. The summed E-state index contributed by atoms with van der Waals surface area (Å²) in [4.78, 5) is 12.7. The molecule has 5 heteroatoms. The first kappa shape index (κ1) is 13.7. The second-order valence-corrected chi connectivity index (χ2v) is 10.7. The van der Waals surface area contributed by atoms with E-state index in [1.807, 2.05) is 12.1 Å². The fraction of sp³-hybridized carbons (Fsp3) is 0.538. The molecule has 1 aromatic rings. The molecular formula is C13H19IN2O2. The van der Waals surface area contributed by atoms with E-state index >= 15 is 0 Å². The van der Waals surface area contributed by atoms with Crippen molar-refractivity contribution in [3.8, 4) is 0 Å². The van der Waals surface area contributed by atoms with Crippen molar-refractivity contribution in [3.63, 3.8) is 0 Å². The molecule has 100 valence electrons. The zero-order valence-electron chi connectivity index (χ0n) is 10.6. The normalized spacial score (nSPS) is 18.8. The van der Waals surface area contributed by atoms with Crippen LogP contribution in [-0.2, 0) is 6.42 Å². The van der Waals surface area contributed by atoms with Crippen molar-refractivity contribution in [1.82, 2.24) is 4.90 Å². The predicted molar refractivity (Wildman–Crippen MR) is 82.7 cm³/mol. The SMILES string of the molecule is CN1CCCI(CCc2ccc([N+](=O)[O-])cc2)C1. The van der Waals surface area contributed by atoms with Crippen LogP contribution >= 0.6 is 19.8 Å². The van der Waals surface area contributed by atoms with Crippen LogP contribution in [0.4, 0.5) is 5.69 Å². The maximum absolute atomic E-state index is 10.6. The summed E-state index contributed by atoms with van der Waals surface area (Å²) in [5.41, 5.74) is 1.43. The Labute approximate surface area is 115 Å². The van der Waals surface area contributed by atoms with E-state index in [0.717, 1.165) is 6.42 Å². The van der Waals surface area contributed by atoms with E-state index in [-0.39, 0.29) is 10.6 Å². The van der Waals surface area contributed by atoms with Crippen LogP contribution in [0.2, 0.25) is 0 Å². The maximum atomic E-state index is 10.6. The average molecular weight is 362 g/mol. The van der Waals surface area contributed by atoms with Crippen molar-refractivity contribution in [3.05, 3.63) is 39.9 Å². The molecule has 1 aromatic carbocycles. The molecule has 2 rings (SSSR count). The van der Waals surface area contributed by atoms with Crippen molar-refractivity contribution in [1.29, 1.82) is 0 Å². The number of aryl methyl sites for hydroxylation is 1. The summed E-state index contributed by atoms with van der Waals surface area (Å²) >= 11 is -0.769. The van der Waals surface area contributed by atoms with Crippen molar-refractivity contribution in [2.75, 3.05) is 27.0 Å². The van der Waals surface area contributed by atoms with Gasteiger partial charge in [0.15, 0.2) is 0 Å². The Bertz CT molecular complexity index is 408. The molecule has 0 amide bonds. The minimum absolute atomic E-state index is 0.190. The topological polar surface area (TPSA) is 46.4 Å². The van der Waals surface area contributed by atoms with Crippen molar-refractivity contribution in [2.24, 2.45) is 0 Å². The Kier molecular flexibility index (Phi) is 4.94. The van der Waals surface area contributed by atoms with Gasteiger partial charge in [-0.05, 0) is 0 Å². The van der Waals surface area contributed by atoms with Crippen LogP contribution in [0.5, 0.6) is 0 Å². The first-order valence-corrected chi connectivity index (χ1v) is 10.7. The number of nitro benzene ring substituents is 1. The van der Waals surface area contributed by atoms with Crippen LogP contribution in [0, 0.1) is 10.1 Å². The number of nitro groups is 1. The summed E-state index contributed by atoms with van der Waals surface area (Å²) in [5, 5.41) is 10.6. The van der Waals surface area contributed by atoms with Gasteiger partial charge in [-0.1, -0.05) is 0 Å². The summed E-state index contributed by atoms with van der Waals surface area (Å²) in [6.45, 7) is 1.26. The van der Waals surface area contributed by atoms with Gasteiger partial charge >= 0.3 is 115 Å². The molecule has 1 aliphatic heterocycles. The quantitative estimate of drug-likeness (QED) is 0.272. The van der Waals surface area contributed by atoms with E-state index in [2.05, 4.69) is 11.9 Å². The first-order chi connectivity index (χ1) is 8.65. The van der Waals surface area contributed by atoms with Gasteiger partial charge in [0.2, 0.25) is 0 Å². The Morgan fingerprint density at radius 2 is 2.11 bits per heavy atom. The number of hydrogen-bond acceptors (Lipinski definition) is 3. The van der Waals surface area contributed by atoms with Gasteiger partial charge in [0.25, 0.3) is 0 Å². The van der Waals surface area contributed by atoms with Gasteiger partial charge in [-0.2, -0.15) is 0 Å². The molecule has 1 aliphatic rings. The molecule has 0 N–H and O–H groups in total. The van der Waals surface area contributed by atoms with E-state index in [0.29, 0.717) is 0 Å². The van der Waals surface area contributed by atoms with Crippen LogP contribution in [0.15, 0.2) is 24.3 Å². The molecule has 4 nitrogen and oxygen atoms in total. The van der Waals surface area contributed by atoms with Gasteiger partial charge in [-0.25, -0.2) is 0 Å². The summed E-state index contributed by atoms with van der Waals surface area (Å²) in [5.74, 6) is 0. The molecule has 0 aliphatic carbocycles. The van der Waals surface area contributed by atoms with Gasteiger partial charge in [-0.15, -0.1) is 0 Å². The zero-order chi connectivity index (χ0) is 13.0. The third kappa shape index (κ3) is 3.91. The van der Waals surface area contributed by atoms with E-state index in [1.165, 1.54) is 31.9 Å². The molecule has 1 saturated heterocycles. The molecule has 1 fully saturated rings. The third-order valence-electron chi connectivity index (χ3n) is 3.11. The molecule has 1 heterocycles. The van der Waals surface area contributed by atoms with Gasteiger partial charge in [0, 0.05) is 0 Å². The number of benzene rings is 1. The molecule has 0 saturated carbocycles. The molecule has 0 unspecified atom stereocenters. The van der Waals surface area contributed by atoms with Crippen molar-refractivity contribution in [2.45, 2.75) is 12.8 Å². The summed E-state index contributed by atoms with van der Waals surface area (Å²) in [6.07, 6.45) is 2.46. The van der Waals surface area contributed by atoms with Gasteiger partial charge < -0.3 is 0 Å². The summed E-state index contributed by atoms with van der Waals surface area (Å²) in [6, 6.07) is 7.04. The monoisotopic (exact) mass is 362 g/mol. The molecule has 0 atom stereocenters. The minimum atomic E-state index is -0.769. The molecule has 18 heavy (non-hydrogen) atoms. The van der Waals surface area contributed by atoms with Crippen LogP contribution in [-0.4, -0.2) is 36.8 Å². The second kappa shape index (κ2) is 6.47. The van der Waals surface area contributed by atoms with Gasteiger partial charge in [-0.3, -0.25) is 0 Å². The average Bonchev–Trinajstić information content (AvgIpc) is 2.37. The first-order valence-electron chi connectivity index (χ1n) is 6.15. The van der Waals surface area contributed by atoms with E-state index in [1.54, 1.807) is 12.1 Å². The number of hydrogen-bond donors (Lipinski definition) is 0. The number of rotatable bonds is 4. The third-order valence-corrected chi connectivity index (χ3v) is 9.59. The van der Waals surface area contributed by atoms with Gasteiger partial charge in [0.05, 0.1) is 0 Å². The Morgan fingerprint density at radius 3 is 2.72 bits per heavy atom. The van der Waals surface area contributed by atoms with Gasteiger partial charge in [0.1, 0.15) is 0 Å². The van der Waals surface area contributed by atoms with Crippen LogP contribution in [0.1, 0.15) is 12.0 Å². The fourth-order valence-electron chi connectivity index (χ4n) is 2.11. The summed E-state index contributed by atoms with van der Waals surface area (Å²) in [7, 11) is 2.22. The number of nitrogens with zero attached hydrogens (tertiary/aromatic N) is 2. The fourth-order valence-corrected chi connectivity index (χ4v) is 8.12. The zero-order valence-corrected chi connectivity index (χ0v) is 12.8. The second-order valence-electron chi connectivity index (χ2n) is 4.67.